The number of tetrazole rings is 1. The van der Waals surface area contributed by atoms with Crippen molar-refractivity contribution in [2.24, 2.45) is 7.05 Å². The van der Waals surface area contributed by atoms with Crippen molar-refractivity contribution in [3.8, 4) is 22.6 Å². The predicted molar refractivity (Wildman–Crippen MR) is 110 cm³/mol. The summed E-state index contributed by atoms with van der Waals surface area (Å²) in [6, 6.07) is 7.69. The van der Waals surface area contributed by atoms with Gasteiger partial charge in [-0.2, -0.15) is 4.80 Å². The number of hydrogen-bond donors (Lipinski definition) is 0. The van der Waals surface area contributed by atoms with Gasteiger partial charge in [-0.15, -0.1) is 15.3 Å². The fraction of sp³-hybridized carbons (Fsp3) is 0.250. The van der Waals surface area contributed by atoms with Crippen molar-refractivity contribution in [1.29, 1.82) is 0 Å². The largest absolute Gasteiger partial charge is 0.442 e. The number of pyridine rings is 1. The Morgan fingerprint density at radius 1 is 1.18 bits per heavy atom. The minimum absolute atomic E-state index is 0.0428. The number of ether oxygens (including phenoxy) is 1. The minimum Gasteiger partial charge on any atom is -0.442 e. The summed E-state index contributed by atoms with van der Waals surface area (Å²) in [4.78, 5) is 19.2. The zero-order chi connectivity index (χ0) is 23.8. The molecule has 3 aromatic heterocycles. The van der Waals surface area contributed by atoms with Gasteiger partial charge in [-0.3, -0.25) is 9.88 Å². The molecular weight excluding hydrogens is 455 g/mol. The molecule has 1 fully saturated rings. The smallest absolute Gasteiger partial charge is 0.414 e. The first-order chi connectivity index (χ1) is 16.4. The number of hydrogen-bond acceptors (Lipinski definition) is 8. The van der Waals surface area contributed by atoms with Gasteiger partial charge < -0.3 is 4.74 Å². The quantitative estimate of drug-likeness (QED) is 0.421. The lowest BCUT2D eigenvalue weighted by atomic mass is 10.1. The first kappa shape index (κ1) is 21.5. The van der Waals surface area contributed by atoms with Crippen LogP contribution in [0.25, 0.3) is 22.6 Å². The summed E-state index contributed by atoms with van der Waals surface area (Å²) in [6.07, 6.45) is -1.49. The summed E-state index contributed by atoms with van der Waals surface area (Å²) < 4.78 is 46.7. The molecule has 11 nitrogen and oxygen atoms in total. The number of rotatable bonds is 6. The highest BCUT2D eigenvalue weighted by Gasteiger charge is 2.33. The molecule has 1 saturated heterocycles. The molecule has 0 spiro atoms. The van der Waals surface area contributed by atoms with E-state index in [4.69, 9.17) is 4.74 Å². The molecule has 1 aliphatic rings. The predicted octanol–water partition coefficient (Wildman–Crippen LogP) is 2.63. The van der Waals surface area contributed by atoms with E-state index in [1.165, 1.54) is 32.7 Å². The summed E-state index contributed by atoms with van der Waals surface area (Å²) in [5.41, 5.74) is 1.15. The second kappa shape index (κ2) is 8.53. The van der Waals surface area contributed by atoms with E-state index in [1.807, 2.05) is 0 Å². The zero-order valence-corrected chi connectivity index (χ0v) is 17.6. The number of amides is 1. The fourth-order valence-electron chi connectivity index (χ4n) is 3.52. The Bertz CT molecular complexity index is 1340. The first-order valence-corrected chi connectivity index (χ1v) is 10.0. The average molecular weight is 471 g/mol. The van der Waals surface area contributed by atoms with Crippen LogP contribution in [0.15, 0.2) is 42.7 Å². The van der Waals surface area contributed by atoms with Crippen LogP contribution in [0.5, 0.6) is 0 Å². The van der Waals surface area contributed by atoms with E-state index in [-0.39, 0.29) is 13.1 Å². The third-order valence-electron chi connectivity index (χ3n) is 5.12. The molecule has 1 unspecified atom stereocenters. The molecule has 34 heavy (non-hydrogen) atoms. The summed E-state index contributed by atoms with van der Waals surface area (Å²) in [7, 11) is 1.64. The van der Waals surface area contributed by atoms with Gasteiger partial charge in [0.2, 0.25) is 5.82 Å². The van der Waals surface area contributed by atoms with Crippen LogP contribution in [0.2, 0.25) is 0 Å². The average Bonchev–Trinajstić information content (AvgIpc) is 3.54. The van der Waals surface area contributed by atoms with Crippen LogP contribution in [0.1, 0.15) is 12.1 Å². The monoisotopic (exact) mass is 471 g/mol. The molecule has 0 radical (unpaired) electrons. The van der Waals surface area contributed by atoms with E-state index < -0.39 is 30.1 Å². The number of carbonyl (C=O) groups is 1. The van der Waals surface area contributed by atoms with Gasteiger partial charge in [0, 0.05) is 17.3 Å². The van der Waals surface area contributed by atoms with Crippen molar-refractivity contribution in [1.82, 2.24) is 40.2 Å². The third kappa shape index (κ3) is 4.16. The van der Waals surface area contributed by atoms with E-state index >= 15 is 0 Å². The lowest BCUT2D eigenvalue weighted by Crippen LogP contribution is -2.26. The van der Waals surface area contributed by atoms with Crippen LogP contribution >= 0.6 is 0 Å². The Hall–Kier alpha value is -4.36. The van der Waals surface area contributed by atoms with Gasteiger partial charge in [0.25, 0.3) is 6.43 Å². The van der Waals surface area contributed by atoms with Crippen molar-refractivity contribution in [3.63, 3.8) is 0 Å². The number of halogens is 3. The van der Waals surface area contributed by atoms with Gasteiger partial charge in [0.15, 0.2) is 0 Å². The molecular formula is C20H16F3N9O2. The highest BCUT2D eigenvalue weighted by atomic mass is 19.3. The Labute approximate surface area is 189 Å². The fourth-order valence-corrected chi connectivity index (χ4v) is 3.52. The number of aryl methyl sites for hydroxylation is 1. The Morgan fingerprint density at radius 3 is 2.68 bits per heavy atom. The van der Waals surface area contributed by atoms with Gasteiger partial charge in [0.05, 0.1) is 32.0 Å². The van der Waals surface area contributed by atoms with Crippen molar-refractivity contribution in [2.45, 2.75) is 19.1 Å². The highest BCUT2D eigenvalue weighted by Crippen LogP contribution is 2.29. The van der Waals surface area contributed by atoms with Crippen molar-refractivity contribution < 1.29 is 22.7 Å². The summed E-state index contributed by atoms with van der Waals surface area (Å²) in [5.74, 6) is -0.206. The number of anilines is 1. The summed E-state index contributed by atoms with van der Waals surface area (Å²) in [5, 5.41) is 18.7. The molecule has 5 rings (SSSR count). The maximum absolute atomic E-state index is 14.9. The van der Waals surface area contributed by atoms with Crippen LogP contribution in [0.4, 0.5) is 23.7 Å². The van der Waals surface area contributed by atoms with Gasteiger partial charge in [-0.25, -0.2) is 22.6 Å². The molecule has 0 saturated carbocycles. The van der Waals surface area contributed by atoms with E-state index in [2.05, 4.69) is 30.7 Å². The minimum atomic E-state index is -2.74. The number of alkyl halides is 2. The molecule has 174 valence electrons. The molecule has 1 amide bonds. The standard InChI is InChI=1S/C20H16F3N9O2/c1-30-27-19(26-28-30)16-5-2-11(7-24-16)14-4-3-12(6-15(14)21)32-9-13(34-20(32)33)8-31-10-17(18(22)23)25-29-31/h2-7,10,13,18H,8-9H2,1H3. The van der Waals surface area contributed by atoms with E-state index in [1.54, 1.807) is 25.2 Å². The lowest BCUT2D eigenvalue weighted by Gasteiger charge is -2.14. The number of nitrogens with zero attached hydrogens (tertiary/aromatic N) is 9. The summed E-state index contributed by atoms with van der Waals surface area (Å²) in [6.45, 7) is 0.143. The van der Waals surface area contributed by atoms with Crippen molar-refractivity contribution in [3.05, 3.63) is 54.2 Å². The van der Waals surface area contributed by atoms with Crippen molar-refractivity contribution >= 4 is 11.8 Å². The Morgan fingerprint density at radius 2 is 2.03 bits per heavy atom. The van der Waals surface area contributed by atoms with Gasteiger partial charge >= 0.3 is 6.09 Å². The zero-order valence-electron chi connectivity index (χ0n) is 17.6. The molecule has 1 aliphatic heterocycles. The van der Waals surface area contributed by atoms with E-state index in [0.717, 1.165) is 6.20 Å². The number of aromatic nitrogens is 8. The summed E-state index contributed by atoms with van der Waals surface area (Å²) >= 11 is 0. The van der Waals surface area contributed by atoms with Crippen LogP contribution in [-0.4, -0.2) is 58.9 Å². The Balaban J connectivity index is 1.29. The second-order valence-corrected chi connectivity index (χ2v) is 7.48. The third-order valence-corrected chi connectivity index (χ3v) is 5.12. The van der Waals surface area contributed by atoms with Crippen LogP contribution in [-0.2, 0) is 18.3 Å². The number of benzene rings is 1. The van der Waals surface area contributed by atoms with Gasteiger partial charge in [-0.05, 0) is 29.5 Å². The molecule has 1 atom stereocenters. The molecule has 4 heterocycles. The SMILES string of the molecule is Cn1nnc(-c2ccc(-c3ccc(N4CC(Cn5cc(C(F)F)nn5)OC4=O)cc3F)cn2)n1. The maximum Gasteiger partial charge on any atom is 0.414 e. The second-order valence-electron chi connectivity index (χ2n) is 7.48. The van der Waals surface area contributed by atoms with Crippen LogP contribution < -0.4 is 4.90 Å². The maximum atomic E-state index is 14.9. The number of carbonyl (C=O) groups excluding carboxylic acids is 1. The molecule has 0 aliphatic carbocycles. The number of cyclic esters (lactones) is 1. The molecule has 0 N–H and O–H groups in total. The van der Waals surface area contributed by atoms with Crippen molar-refractivity contribution in [2.75, 3.05) is 11.4 Å². The van der Waals surface area contributed by atoms with Gasteiger partial charge in [0.1, 0.15) is 23.3 Å². The lowest BCUT2D eigenvalue weighted by molar-refractivity contribution is 0.129. The molecule has 14 heteroatoms. The van der Waals surface area contributed by atoms with E-state index in [0.29, 0.717) is 28.3 Å². The highest BCUT2D eigenvalue weighted by molar-refractivity contribution is 5.90. The Kier molecular flexibility index (Phi) is 5.39. The van der Waals surface area contributed by atoms with Gasteiger partial charge in [-0.1, -0.05) is 11.3 Å². The molecule has 4 aromatic rings. The van der Waals surface area contributed by atoms with Crippen LogP contribution in [0.3, 0.4) is 0 Å². The first-order valence-electron chi connectivity index (χ1n) is 10.0. The molecule has 1 aromatic carbocycles. The van der Waals surface area contributed by atoms with E-state index in [9.17, 15) is 18.0 Å². The molecule has 0 bridgehead atoms. The topological polar surface area (TPSA) is 117 Å². The van der Waals surface area contributed by atoms with Crippen LogP contribution in [0, 0.1) is 5.82 Å². The normalized spacial score (nSPS) is 15.9.